The van der Waals surface area contributed by atoms with Gasteiger partial charge in [-0.25, -0.2) is 18.2 Å². The van der Waals surface area contributed by atoms with E-state index in [9.17, 15) is 22.8 Å². The van der Waals surface area contributed by atoms with Crippen molar-refractivity contribution >= 4 is 56.1 Å². The fraction of sp³-hybridized carbons (Fsp3) is 0.605. The first-order valence-electron chi connectivity index (χ1n) is 20.8. The smallest absolute Gasteiger partial charge is 0.408 e. The van der Waals surface area contributed by atoms with Gasteiger partial charge in [0.15, 0.2) is 9.84 Å². The third-order valence-electron chi connectivity index (χ3n) is 11.3. The van der Waals surface area contributed by atoms with Gasteiger partial charge >= 0.3 is 6.09 Å². The summed E-state index contributed by atoms with van der Waals surface area (Å²) in [5, 5.41) is 3.37. The van der Waals surface area contributed by atoms with E-state index >= 15 is 0 Å². The number of hydrogen-bond donors (Lipinski definition) is 1. The van der Waals surface area contributed by atoms with Gasteiger partial charge in [-0.2, -0.15) is 0 Å². The second-order valence-electron chi connectivity index (χ2n) is 16.6. The molecule has 4 heterocycles. The number of sulfone groups is 1. The first-order chi connectivity index (χ1) is 29.2. The zero-order chi connectivity index (χ0) is 43.7. The van der Waals surface area contributed by atoms with Gasteiger partial charge in [-0.05, 0) is 89.1 Å². The lowest BCUT2D eigenvalue weighted by molar-refractivity contribution is -0.145. The summed E-state index contributed by atoms with van der Waals surface area (Å²) in [6, 6.07) is 7.24. The third-order valence-corrected chi connectivity index (χ3v) is 13.2. The first kappa shape index (κ1) is 46.2. The van der Waals surface area contributed by atoms with Crippen molar-refractivity contribution in [1.82, 2.24) is 24.8 Å². The van der Waals surface area contributed by atoms with Gasteiger partial charge in [-0.15, -0.1) is 6.42 Å². The van der Waals surface area contributed by atoms with E-state index in [2.05, 4.69) is 16.2 Å². The Hall–Kier alpha value is -4.31. The van der Waals surface area contributed by atoms with Crippen LogP contribution in [0.5, 0.6) is 0 Å². The summed E-state index contributed by atoms with van der Waals surface area (Å²) in [7, 11) is -3.44. The molecule has 2 fully saturated rings. The summed E-state index contributed by atoms with van der Waals surface area (Å²) >= 11 is 6.36. The molecule has 0 radical (unpaired) electrons. The van der Waals surface area contributed by atoms with Gasteiger partial charge in [0.2, 0.25) is 11.8 Å². The molecule has 1 spiro atoms. The number of hydrogen-bond acceptors (Lipinski definition) is 12. The van der Waals surface area contributed by atoms with Crippen LogP contribution in [0.4, 0.5) is 10.5 Å². The highest BCUT2D eigenvalue weighted by atomic mass is 35.5. The molecule has 332 valence electrons. The molecular weight excluding hydrogens is 828 g/mol. The number of imidazole rings is 1. The number of alkyl carbamates (subject to hydrolysis) is 1. The molecule has 1 N–H and O–H groups in total. The van der Waals surface area contributed by atoms with Crippen LogP contribution in [-0.4, -0.2) is 134 Å². The van der Waals surface area contributed by atoms with Crippen molar-refractivity contribution in [3.63, 3.8) is 0 Å². The maximum absolute atomic E-state index is 14.7. The fourth-order valence-corrected chi connectivity index (χ4v) is 9.44. The van der Waals surface area contributed by atoms with Crippen LogP contribution >= 0.6 is 11.6 Å². The number of anilines is 1. The molecule has 2 aliphatic heterocycles. The van der Waals surface area contributed by atoms with Crippen molar-refractivity contribution in [3.05, 3.63) is 53.1 Å². The number of likely N-dealkylation sites (tertiary alicyclic amines) is 1. The van der Waals surface area contributed by atoms with E-state index in [0.717, 1.165) is 17.5 Å². The predicted molar refractivity (Wildman–Crippen MR) is 229 cm³/mol. The molecule has 0 atom stereocenters. The average molecular weight is 885 g/mol. The van der Waals surface area contributed by atoms with Crippen LogP contribution in [0, 0.1) is 12.3 Å². The van der Waals surface area contributed by atoms with Gasteiger partial charge in [0.1, 0.15) is 23.6 Å². The number of benzene rings is 1. The van der Waals surface area contributed by atoms with E-state index < -0.39 is 32.5 Å². The topological polar surface area (TPSA) is 181 Å². The lowest BCUT2D eigenvalue weighted by Gasteiger charge is -2.46. The van der Waals surface area contributed by atoms with Crippen molar-refractivity contribution in [3.8, 4) is 12.3 Å². The van der Waals surface area contributed by atoms with Gasteiger partial charge in [-0.1, -0.05) is 17.5 Å². The molecule has 3 aliphatic rings. The first-order valence-corrected chi connectivity index (χ1v) is 23.0. The Bertz CT molecular complexity index is 2170. The van der Waals surface area contributed by atoms with Crippen molar-refractivity contribution in [2.75, 3.05) is 82.4 Å². The highest BCUT2D eigenvalue weighted by Gasteiger charge is 2.55. The largest absolute Gasteiger partial charge is 0.444 e. The second-order valence-corrected chi connectivity index (χ2v) is 19.4. The van der Waals surface area contributed by atoms with Gasteiger partial charge in [0.05, 0.1) is 92.6 Å². The van der Waals surface area contributed by atoms with E-state index in [1.807, 2.05) is 16.7 Å². The number of aryl methyl sites for hydroxylation is 1. The molecule has 16 nitrogen and oxygen atoms in total. The van der Waals surface area contributed by atoms with Crippen molar-refractivity contribution in [1.29, 1.82) is 0 Å². The Morgan fingerprint density at radius 1 is 0.951 bits per heavy atom. The molecule has 6 rings (SSSR count). The van der Waals surface area contributed by atoms with Crippen LogP contribution < -0.4 is 10.2 Å². The highest BCUT2D eigenvalue weighted by Crippen LogP contribution is 2.49. The molecular formula is C43H57ClN6O10S. The Morgan fingerprint density at radius 2 is 1.62 bits per heavy atom. The number of carbonyl (C=O) groups excluding carboxylic acids is 3. The van der Waals surface area contributed by atoms with Crippen LogP contribution in [0.2, 0.25) is 5.02 Å². The monoisotopic (exact) mass is 884 g/mol. The SMILES string of the molecule is C#CCOCCOCCOCCOCCS(=O)(=O)CCCn1c(CN2C(=O)C3(CCN(C(=O)C4(NC(=O)OC(C)(C)C)CCC4)CC3)c3ccncc32)nc2cc(Cl)ccc21. The lowest BCUT2D eigenvalue weighted by Crippen LogP contribution is -2.65. The molecule has 0 unspecified atom stereocenters. The summed E-state index contributed by atoms with van der Waals surface area (Å²) in [6.45, 7) is 8.94. The van der Waals surface area contributed by atoms with E-state index in [0.29, 0.717) is 107 Å². The zero-order valence-electron chi connectivity index (χ0n) is 35.3. The minimum absolute atomic E-state index is 0.0501. The van der Waals surface area contributed by atoms with Crippen LogP contribution in [-0.2, 0) is 61.6 Å². The van der Waals surface area contributed by atoms with E-state index in [4.69, 9.17) is 46.7 Å². The lowest BCUT2D eigenvalue weighted by atomic mass is 9.72. The number of ether oxygens (including phenoxy) is 5. The molecule has 3 amide bonds. The van der Waals surface area contributed by atoms with Crippen LogP contribution in [0.15, 0.2) is 36.7 Å². The molecule has 1 aromatic carbocycles. The van der Waals surface area contributed by atoms with Gasteiger partial charge in [-0.3, -0.25) is 14.6 Å². The minimum atomic E-state index is -3.44. The minimum Gasteiger partial charge on any atom is -0.444 e. The van der Waals surface area contributed by atoms with Crippen LogP contribution in [0.1, 0.15) is 70.7 Å². The van der Waals surface area contributed by atoms with Gasteiger partial charge in [0.25, 0.3) is 0 Å². The summed E-state index contributed by atoms with van der Waals surface area (Å²) in [6.07, 6.45) is 10.9. The molecule has 1 aliphatic carbocycles. The summed E-state index contributed by atoms with van der Waals surface area (Å²) in [5.74, 6) is 2.52. The number of carbonyl (C=O) groups is 3. The van der Waals surface area contributed by atoms with E-state index in [1.165, 1.54) is 0 Å². The molecule has 3 aromatic rings. The summed E-state index contributed by atoms with van der Waals surface area (Å²) in [4.78, 5) is 54.1. The number of terminal acetylenes is 1. The molecule has 18 heteroatoms. The third kappa shape index (κ3) is 11.4. The summed E-state index contributed by atoms with van der Waals surface area (Å²) < 4.78 is 55.0. The number of nitrogens with one attached hydrogen (secondary N) is 1. The van der Waals surface area contributed by atoms with Gasteiger partial charge < -0.3 is 43.4 Å². The Labute approximate surface area is 362 Å². The fourth-order valence-electron chi connectivity index (χ4n) is 8.13. The number of nitrogens with zero attached hydrogens (tertiary/aromatic N) is 5. The summed E-state index contributed by atoms with van der Waals surface area (Å²) in [5.41, 5.74) is 0.335. The van der Waals surface area contributed by atoms with Crippen LogP contribution in [0.3, 0.4) is 0 Å². The second kappa shape index (κ2) is 20.3. The molecule has 2 aromatic heterocycles. The number of halogens is 1. The zero-order valence-corrected chi connectivity index (χ0v) is 36.9. The molecule has 1 saturated carbocycles. The Balaban J connectivity index is 1.05. The number of fused-ring (bicyclic) bond motifs is 3. The normalized spacial score (nSPS) is 17.0. The standard InChI is InChI=1S/C43H57ClN6O10S/c1-5-19-56-20-21-57-22-23-58-24-25-59-26-28-61(54,55)27-7-16-49-35-9-8-32(44)29-34(35)46-37(49)31-50-36-30-45-15-10-33(36)42(38(50)51)13-17-48(18-14-42)39(52)43(11-6-12-43)47-40(53)60-41(2,3)4/h1,8-10,15,29-30H,6-7,11-14,16-28,31H2,2-4H3,(H,47,53). The Morgan fingerprint density at radius 3 is 2.26 bits per heavy atom. The number of rotatable bonds is 21. The number of piperidine rings is 1. The predicted octanol–water partition coefficient (Wildman–Crippen LogP) is 4.44. The maximum Gasteiger partial charge on any atom is 0.408 e. The quantitative estimate of drug-likeness (QED) is 0.118. The number of aromatic nitrogens is 3. The van der Waals surface area contributed by atoms with Gasteiger partial charge in [0, 0.05) is 30.9 Å². The number of pyridine rings is 1. The maximum atomic E-state index is 14.7. The van der Waals surface area contributed by atoms with Crippen molar-refractivity contribution < 1.29 is 46.5 Å². The molecule has 1 saturated heterocycles. The Kier molecular flexibility index (Phi) is 15.3. The molecule has 0 bridgehead atoms. The highest BCUT2D eigenvalue weighted by molar-refractivity contribution is 7.91. The molecule has 61 heavy (non-hydrogen) atoms. The van der Waals surface area contributed by atoms with Crippen LogP contribution in [0.25, 0.3) is 11.0 Å². The average Bonchev–Trinajstić information content (AvgIpc) is 3.64. The number of amides is 3. The van der Waals surface area contributed by atoms with E-state index in [-0.39, 0.29) is 49.7 Å². The van der Waals surface area contributed by atoms with Crippen molar-refractivity contribution in [2.45, 2.75) is 88.9 Å². The van der Waals surface area contributed by atoms with Crippen molar-refractivity contribution in [2.24, 2.45) is 0 Å². The van der Waals surface area contributed by atoms with E-state index in [1.54, 1.807) is 55.1 Å².